The van der Waals surface area contributed by atoms with Gasteiger partial charge in [0.2, 0.25) is 0 Å². The predicted molar refractivity (Wildman–Crippen MR) is 78.6 cm³/mol. The van der Waals surface area contributed by atoms with Gasteiger partial charge in [-0.15, -0.1) is 0 Å². The van der Waals surface area contributed by atoms with Crippen molar-refractivity contribution in [3.63, 3.8) is 0 Å². The van der Waals surface area contributed by atoms with Crippen LogP contribution in [0.1, 0.15) is 18.4 Å². The Hall–Kier alpha value is -0.0900. The summed E-state index contributed by atoms with van der Waals surface area (Å²) >= 11 is 9.54. The Kier molecular flexibility index (Phi) is 7.12. The van der Waals surface area contributed by atoms with Crippen molar-refractivity contribution < 1.29 is 0 Å². The van der Waals surface area contributed by atoms with Gasteiger partial charge in [0.05, 0.1) is 0 Å². The quantitative estimate of drug-likeness (QED) is 0.773. The molecule has 0 saturated heterocycles. The molecular formula is C13H20BrClN2. The van der Waals surface area contributed by atoms with Crippen LogP contribution in [-0.4, -0.2) is 32.1 Å². The summed E-state index contributed by atoms with van der Waals surface area (Å²) in [6, 6.07) is 6.01. The summed E-state index contributed by atoms with van der Waals surface area (Å²) in [5, 5.41) is 4.24. The molecule has 0 radical (unpaired) electrons. The SMILES string of the molecule is CN(C)CCCCNCc1ccc(Br)cc1Cl. The first kappa shape index (κ1) is 15.0. The molecule has 2 nitrogen and oxygen atoms in total. The lowest BCUT2D eigenvalue weighted by molar-refractivity contribution is 0.391. The van der Waals surface area contributed by atoms with Crippen molar-refractivity contribution in [2.45, 2.75) is 19.4 Å². The first-order chi connectivity index (χ1) is 8.09. The Morgan fingerprint density at radius 2 is 2.06 bits per heavy atom. The standard InChI is InChI=1S/C13H20BrClN2/c1-17(2)8-4-3-7-16-10-11-5-6-12(14)9-13(11)15/h5-6,9,16H,3-4,7-8,10H2,1-2H3. The van der Waals surface area contributed by atoms with Crippen LogP contribution in [0.3, 0.4) is 0 Å². The molecule has 1 N–H and O–H groups in total. The molecule has 0 aliphatic heterocycles. The molecule has 0 bridgehead atoms. The minimum Gasteiger partial charge on any atom is -0.313 e. The molecule has 17 heavy (non-hydrogen) atoms. The van der Waals surface area contributed by atoms with Gasteiger partial charge in [-0.1, -0.05) is 33.6 Å². The van der Waals surface area contributed by atoms with Gasteiger partial charge >= 0.3 is 0 Å². The van der Waals surface area contributed by atoms with Crippen LogP contribution < -0.4 is 5.32 Å². The van der Waals surface area contributed by atoms with Crippen LogP contribution in [0.4, 0.5) is 0 Å². The first-order valence-corrected chi connectivity index (χ1v) is 7.06. The second kappa shape index (κ2) is 8.09. The van der Waals surface area contributed by atoms with Gasteiger partial charge in [0.25, 0.3) is 0 Å². The third-order valence-corrected chi connectivity index (χ3v) is 3.38. The molecule has 96 valence electrons. The topological polar surface area (TPSA) is 15.3 Å². The molecule has 1 aromatic rings. The second-order valence-corrected chi connectivity index (χ2v) is 5.75. The number of unbranched alkanes of at least 4 members (excludes halogenated alkanes) is 1. The van der Waals surface area contributed by atoms with E-state index in [2.05, 4.69) is 46.3 Å². The van der Waals surface area contributed by atoms with Crippen LogP contribution >= 0.6 is 27.5 Å². The maximum Gasteiger partial charge on any atom is 0.0462 e. The first-order valence-electron chi connectivity index (χ1n) is 5.89. The molecule has 0 atom stereocenters. The highest BCUT2D eigenvalue weighted by molar-refractivity contribution is 9.10. The van der Waals surface area contributed by atoms with Gasteiger partial charge in [-0.25, -0.2) is 0 Å². The van der Waals surface area contributed by atoms with Crippen LogP contribution in [0.15, 0.2) is 22.7 Å². The van der Waals surface area contributed by atoms with Gasteiger partial charge in [0, 0.05) is 16.0 Å². The molecule has 1 aromatic carbocycles. The van der Waals surface area contributed by atoms with Crippen molar-refractivity contribution in [2.75, 3.05) is 27.2 Å². The molecule has 0 fully saturated rings. The van der Waals surface area contributed by atoms with E-state index < -0.39 is 0 Å². The molecule has 0 aliphatic carbocycles. The Bertz CT molecular complexity index is 342. The number of hydrogen-bond donors (Lipinski definition) is 1. The highest BCUT2D eigenvalue weighted by Gasteiger charge is 2.00. The number of halogens is 2. The zero-order chi connectivity index (χ0) is 12.7. The summed E-state index contributed by atoms with van der Waals surface area (Å²) in [7, 11) is 4.21. The third kappa shape index (κ3) is 6.41. The van der Waals surface area contributed by atoms with Crippen LogP contribution in [0.5, 0.6) is 0 Å². The fourth-order valence-electron chi connectivity index (χ4n) is 1.57. The van der Waals surface area contributed by atoms with E-state index in [1.165, 1.54) is 12.8 Å². The molecule has 0 unspecified atom stereocenters. The Balaban J connectivity index is 2.18. The number of nitrogens with one attached hydrogen (secondary N) is 1. The Morgan fingerprint density at radius 3 is 2.71 bits per heavy atom. The minimum atomic E-state index is 0.820. The fourth-order valence-corrected chi connectivity index (χ4v) is 2.31. The van der Waals surface area contributed by atoms with Gasteiger partial charge in [-0.2, -0.15) is 0 Å². The molecular weight excluding hydrogens is 300 g/mol. The van der Waals surface area contributed by atoms with Crippen molar-refractivity contribution in [1.29, 1.82) is 0 Å². The van der Waals surface area contributed by atoms with Gasteiger partial charge in [-0.05, 0) is 57.7 Å². The maximum absolute atomic E-state index is 6.13. The summed E-state index contributed by atoms with van der Waals surface area (Å²) in [6.45, 7) is 3.04. The average molecular weight is 320 g/mol. The van der Waals surface area contributed by atoms with Gasteiger partial charge in [0.15, 0.2) is 0 Å². The highest BCUT2D eigenvalue weighted by atomic mass is 79.9. The van der Waals surface area contributed by atoms with E-state index in [1.54, 1.807) is 0 Å². The molecule has 0 heterocycles. The summed E-state index contributed by atoms with van der Waals surface area (Å²) in [5.41, 5.74) is 1.16. The van der Waals surface area contributed by atoms with Crippen molar-refractivity contribution in [2.24, 2.45) is 0 Å². The summed E-state index contributed by atoms with van der Waals surface area (Å²) in [5.74, 6) is 0. The van der Waals surface area contributed by atoms with E-state index in [4.69, 9.17) is 11.6 Å². The molecule has 0 saturated carbocycles. The minimum absolute atomic E-state index is 0.820. The van der Waals surface area contributed by atoms with E-state index >= 15 is 0 Å². The predicted octanol–water partition coefficient (Wildman–Crippen LogP) is 3.53. The molecule has 4 heteroatoms. The van der Waals surface area contributed by atoms with E-state index in [9.17, 15) is 0 Å². The molecule has 0 aliphatic rings. The number of nitrogens with zero attached hydrogens (tertiary/aromatic N) is 1. The average Bonchev–Trinajstić information content (AvgIpc) is 2.25. The zero-order valence-electron chi connectivity index (χ0n) is 10.5. The van der Waals surface area contributed by atoms with Crippen molar-refractivity contribution in [3.05, 3.63) is 33.3 Å². The number of benzene rings is 1. The molecule has 0 aromatic heterocycles. The lowest BCUT2D eigenvalue weighted by Crippen LogP contribution is -2.18. The largest absolute Gasteiger partial charge is 0.313 e. The van der Waals surface area contributed by atoms with Crippen LogP contribution in [0.25, 0.3) is 0 Å². The fraction of sp³-hybridized carbons (Fsp3) is 0.538. The summed E-state index contributed by atoms with van der Waals surface area (Å²) < 4.78 is 1.03. The second-order valence-electron chi connectivity index (χ2n) is 4.42. The summed E-state index contributed by atoms with van der Waals surface area (Å²) in [4.78, 5) is 2.21. The lowest BCUT2D eigenvalue weighted by Gasteiger charge is -2.10. The Labute approximate surface area is 117 Å². The summed E-state index contributed by atoms with van der Waals surface area (Å²) in [6.07, 6.45) is 2.43. The van der Waals surface area contributed by atoms with Crippen molar-refractivity contribution in [3.8, 4) is 0 Å². The van der Waals surface area contributed by atoms with Gasteiger partial charge < -0.3 is 10.2 Å². The zero-order valence-corrected chi connectivity index (χ0v) is 12.8. The molecule has 0 spiro atoms. The van der Waals surface area contributed by atoms with E-state index in [0.717, 1.165) is 34.7 Å². The van der Waals surface area contributed by atoms with Crippen molar-refractivity contribution in [1.82, 2.24) is 10.2 Å². The van der Waals surface area contributed by atoms with E-state index in [-0.39, 0.29) is 0 Å². The van der Waals surface area contributed by atoms with Crippen molar-refractivity contribution >= 4 is 27.5 Å². The molecule has 1 rings (SSSR count). The van der Waals surface area contributed by atoms with E-state index in [0.29, 0.717) is 0 Å². The van der Waals surface area contributed by atoms with Gasteiger partial charge in [-0.3, -0.25) is 0 Å². The normalized spacial score (nSPS) is 11.1. The van der Waals surface area contributed by atoms with Crippen LogP contribution in [0.2, 0.25) is 5.02 Å². The number of rotatable bonds is 7. The smallest absolute Gasteiger partial charge is 0.0462 e. The maximum atomic E-state index is 6.13. The lowest BCUT2D eigenvalue weighted by atomic mass is 10.2. The monoisotopic (exact) mass is 318 g/mol. The van der Waals surface area contributed by atoms with Crippen LogP contribution in [0, 0.1) is 0 Å². The Morgan fingerprint density at radius 1 is 1.29 bits per heavy atom. The van der Waals surface area contributed by atoms with E-state index in [1.807, 2.05) is 12.1 Å². The highest BCUT2D eigenvalue weighted by Crippen LogP contribution is 2.21. The molecule has 0 amide bonds. The van der Waals surface area contributed by atoms with Crippen LogP contribution in [-0.2, 0) is 6.54 Å². The number of hydrogen-bond acceptors (Lipinski definition) is 2. The van der Waals surface area contributed by atoms with Gasteiger partial charge in [0.1, 0.15) is 0 Å². The third-order valence-electron chi connectivity index (χ3n) is 2.54.